The Hall–Kier alpha value is -3.47. The number of rotatable bonds is 2. The molecule has 3 heterocycles. The SMILES string of the molecule is Cn1nc(-c2cccc(-c3nn(C)c4ccccc34)n2)c2ccccc21. The molecule has 0 N–H and O–H groups in total. The number of fused-ring (bicyclic) bond motifs is 2. The largest absolute Gasteiger partial charge is 0.267 e. The quantitative estimate of drug-likeness (QED) is 0.484. The molecule has 0 aliphatic rings. The summed E-state index contributed by atoms with van der Waals surface area (Å²) in [5.41, 5.74) is 5.69. The summed E-state index contributed by atoms with van der Waals surface area (Å²) in [7, 11) is 3.92. The van der Waals surface area contributed by atoms with Crippen molar-refractivity contribution >= 4 is 21.8 Å². The van der Waals surface area contributed by atoms with Crippen LogP contribution in [0.5, 0.6) is 0 Å². The summed E-state index contributed by atoms with van der Waals surface area (Å²) < 4.78 is 3.80. The number of pyridine rings is 1. The Morgan fingerprint density at radius 1 is 0.577 bits per heavy atom. The summed E-state index contributed by atoms with van der Waals surface area (Å²) >= 11 is 0. The van der Waals surface area contributed by atoms with E-state index in [1.54, 1.807) is 0 Å². The van der Waals surface area contributed by atoms with E-state index in [1.807, 2.05) is 65.9 Å². The smallest absolute Gasteiger partial charge is 0.119 e. The van der Waals surface area contributed by atoms with E-state index >= 15 is 0 Å². The molecular formula is C21H17N5. The molecule has 0 aliphatic carbocycles. The maximum absolute atomic E-state index is 4.89. The van der Waals surface area contributed by atoms with E-state index in [1.165, 1.54) is 0 Å². The van der Waals surface area contributed by atoms with Crippen molar-refractivity contribution in [3.8, 4) is 22.8 Å². The van der Waals surface area contributed by atoms with Crippen molar-refractivity contribution in [2.45, 2.75) is 0 Å². The zero-order chi connectivity index (χ0) is 17.7. The van der Waals surface area contributed by atoms with Gasteiger partial charge in [0.15, 0.2) is 0 Å². The fourth-order valence-electron chi connectivity index (χ4n) is 3.50. The van der Waals surface area contributed by atoms with Crippen molar-refractivity contribution in [3.63, 3.8) is 0 Å². The molecule has 0 amide bonds. The normalized spacial score (nSPS) is 11.5. The Bertz CT molecular complexity index is 1170. The number of hydrogen-bond donors (Lipinski definition) is 0. The van der Waals surface area contributed by atoms with Crippen LogP contribution in [0.4, 0.5) is 0 Å². The van der Waals surface area contributed by atoms with Gasteiger partial charge in [-0.2, -0.15) is 10.2 Å². The molecule has 0 spiro atoms. The van der Waals surface area contributed by atoms with Gasteiger partial charge in [-0.05, 0) is 24.3 Å². The molecule has 26 heavy (non-hydrogen) atoms. The highest BCUT2D eigenvalue weighted by Crippen LogP contribution is 2.30. The standard InChI is InChI=1S/C21H17N5/c1-25-18-12-5-3-8-14(18)20(23-25)16-10-7-11-17(22-16)21-15-9-4-6-13-19(15)26(2)24-21/h3-13H,1-2H3. The van der Waals surface area contributed by atoms with Crippen LogP contribution >= 0.6 is 0 Å². The number of hydrogen-bond acceptors (Lipinski definition) is 3. The van der Waals surface area contributed by atoms with Crippen LogP contribution in [0.1, 0.15) is 0 Å². The van der Waals surface area contributed by atoms with E-state index in [4.69, 9.17) is 15.2 Å². The minimum absolute atomic E-state index is 0.856. The highest BCUT2D eigenvalue weighted by Gasteiger charge is 2.15. The van der Waals surface area contributed by atoms with Crippen LogP contribution in [0.15, 0.2) is 66.7 Å². The first-order chi connectivity index (χ1) is 12.7. The van der Waals surface area contributed by atoms with Gasteiger partial charge < -0.3 is 0 Å². The predicted octanol–water partition coefficient (Wildman–Crippen LogP) is 4.19. The lowest BCUT2D eigenvalue weighted by molar-refractivity contribution is 0.797. The van der Waals surface area contributed by atoms with Crippen LogP contribution in [-0.2, 0) is 14.1 Å². The van der Waals surface area contributed by atoms with Gasteiger partial charge >= 0.3 is 0 Å². The third kappa shape index (κ3) is 2.14. The highest BCUT2D eigenvalue weighted by atomic mass is 15.3. The Balaban J connectivity index is 1.72. The van der Waals surface area contributed by atoms with E-state index in [0.29, 0.717) is 0 Å². The molecular weight excluding hydrogens is 322 g/mol. The molecule has 0 bridgehead atoms. The molecule has 0 radical (unpaired) electrons. The number of aromatic nitrogens is 5. The number of para-hydroxylation sites is 2. The molecule has 0 fully saturated rings. The van der Waals surface area contributed by atoms with Gasteiger partial charge in [0.05, 0.1) is 22.4 Å². The van der Waals surface area contributed by atoms with Crippen LogP contribution in [0.25, 0.3) is 44.6 Å². The zero-order valence-corrected chi connectivity index (χ0v) is 14.6. The van der Waals surface area contributed by atoms with Crippen molar-refractivity contribution in [2.24, 2.45) is 14.1 Å². The average Bonchev–Trinajstić information content (AvgIpc) is 3.20. The Morgan fingerprint density at radius 3 is 1.54 bits per heavy atom. The first-order valence-electron chi connectivity index (χ1n) is 8.53. The minimum Gasteiger partial charge on any atom is -0.267 e. The maximum Gasteiger partial charge on any atom is 0.119 e. The van der Waals surface area contributed by atoms with Gasteiger partial charge in [-0.1, -0.05) is 42.5 Å². The number of aryl methyl sites for hydroxylation is 2. The van der Waals surface area contributed by atoms with Crippen LogP contribution < -0.4 is 0 Å². The molecule has 3 aromatic heterocycles. The summed E-state index contributed by atoms with van der Waals surface area (Å²) in [6.45, 7) is 0. The molecule has 5 aromatic rings. The molecule has 0 aliphatic heterocycles. The van der Waals surface area contributed by atoms with Crippen LogP contribution in [0.2, 0.25) is 0 Å². The Morgan fingerprint density at radius 2 is 1.04 bits per heavy atom. The number of benzene rings is 2. The van der Waals surface area contributed by atoms with Gasteiger partial charge in [0, 0.05) is 24.9 Å². The molecule has 5 rings (SSSR count). The van der Waals surface area contributed by atoms with Crippen LogP contribution in [-0.4, -0.2) is 24.5 Å². The maximum atomic E-state index is 4.89. The molecule has 126 valence electrons. The second-order valence-corrected chi connectivity index (χ2v) is 6.39. The minimum atomic E-state index is 0.856. The van der Waals surface area contributed by atoms with Crippen molar-refractivity contribution in [3.05, 3.63) is 66.7 Å². The highest BCUT2D eigenvalue weighted by molar-refractivity contribution is 5.94. The van der Waals surface area contributed by atoms with Gasteiger partial charge in [-0.3, -0.25) is 9.36 Å². The number of nitrogens with zero attached hydrogens (tertiary/aromatic N) is 5. The van der Waals surface area contributed by atoms with Gasteiger partial charge in [0.25, 0.3) is 0 Å². The first-order valence-corrected chi connectivity index (χ1v) is 8.53. The van der Waals surface area contributed by atoms with Crippen LogP contribution in [0, 0.1) is 0 Å². The van der Waals surface area contributed by atoms with Gasteiger partial charge in [-0.15, -0.1) is 0 Å². The average molecular weight is 339 g/mol. The summed E-state index contributed by atoms with van der Waals surface area (Å²) in [4.78, 5) is 4.89. The van der Waals surface area contributed by atoms with E-state index in [2.05, 4.69) is 24.3 Å². The van der Waals surface area contributed by atoms with Crippen molar-refractivity contribution in [1.29, 1.82) is 0 Å². The third-order valence-corrected chi connectivity index (χ3v) is 4.75. The summed E-state index contributed by atoms with van der Waals surface area (Å²) in [6, 6.07) is 22.5. The van der Waals surface area contributed by atoms with E-state index in [-0.39, 0.29) is 0 Å². The second-order valence-electron chi connectivity index (χ2n) is 6.39. The Labute approximate surface area is 150 Å². The van der Waals surface area contributed by atoms with Gasteiger partial charge in [0.1, 0.15) is 11.4 Å². The molecule has 2 aromatic carbocycles. The summed E-state index contributed by atoms with van der Waals surface area (Å²) in [6.07, 6.45) is 0. The molecule has 5 nitrogen and oxygen atoms in total. The molecule has 0 saturated heterocycles. The van der Waals surface area contributed by atoms with E-state index < -0.39 is 0 Å². The zero-order valence-electron chi connectivity index (χ0n) is 14.6. The fourth-order valence-corrected chi connectivity index (χ4v) is 3.50. The van der Waals surface area contributed by atoms with Crippen molar-refractivity contribution in [1.82, 2.24) is 24.5 Å². The molecule has 5 heteroatoms. The lowest BCUT2D eigenvalue weighted by Crippen LogP contribution is -1.93. The van der Waals surface area contributed by atoms with Gasteiger partial charge in [0.2, 0.25) is 0 Å². The molecule has 0 unspecified atom stereocenters. The topological polar surface area (TPSA) is 48.5 Å². The predicted molar refractivity (Wildman–Crippen MR) is 104 cm³/mol. The fraction of sp³-hybridized carbons (Fsp3) is 0.0952. The Kier molecular flexibility index (Phi) is 3.15. The lowest BCUT2D eigenvalue weighted by atomic mass is 10.1. The van der Waals surface area contributed by atoms with Crippen molar-refractivity contribution in [2.75, 3.05) is 0 Å². The van der Waals surface area contributed by atoms with E-state index in [0.717, 1.165) is 44.6 Å². The van der Waals surface area contributed by atoms with Crippen molar-refractivity contribution < 1.29 is 0 Å². The van der Waals surface area contributed by atoms with Gasteiger partial charge in [-0.25, -0.2) is 4.98 Å². The monoisotopic (exact) mass is 339 g/mol. The van der Waals surface area contributed by atoms with E-state index in [9.17, 15) is 0 Å². The lowest BCUT2D eigenvalue weighted by Gasteiger charge is -2.01. The molecule has 0 atom stereocenters. The van der Waals surface area contributed by atoms with Crippen LogP contribution in [0.3, 0.4) is 0 Å². The molecule has 0 saturated carbocycles. The first kappa shape index (κ1) is 14.8. The summed E-state index contributed by atoms with van der Waals surface area (Å²) in [5.74, 6) is 0. The third-order valence-electron chi connectivity index (χ3n) is 4.75. The second kappa shape index (κ2) is 5.52. The summed E-state index contributed by atoms with van der Waals surface area (Å²) in [5, 5.41) is 11.6.